The van der Waals surface area contributed by atoms with Crippen molar-refractivity contribution in [2.24, 2.45) is 0 Å². The Bertz CT molecular complexity index is 1020. The number of rotatable bonds is 10. The molecule has 1 N–H and O–H groups in total. The Labute approximate surface area is 191 Å². The number of aryl methyl sites for hydroxylation is 1. The smallest absolute Gasteiger partial charge is 0.244 e. The van der Waals surface area contributed by atoms with Crippen LogP contribution >= 0.6 is 0 Å². The number of nitrogens with one attached hydrogen (secondary N) is 1. The van der Waals surface area contributed by atoms with Gasteiger partial charge in [0.1, 0.15) is 12.6 Å². The molecule has 2 aromatic carbocycles. The molecule has 0 aliphatic rings. The predicted molar refractivity (Wildman–Crippen MR) is 128 cm³/mol. The average molecular weight is 460 g/mol. The highest BCUT2D eigenvalue weighted by Crippen LogP contribution is 2.19. The van der Waals surface area contributed by atoms with Gasteiger partial charge in [0.05, 0.1) is 11.9 Å². The van der Waals surface area contributed by atoms with Gasteiger partial charge in [0.15, 0.2) is 0 Å². The van der Waals surface area contributed by atoms with E-state index in [9.17, 15) is 18.0 Å². The molecule has 2 aromatic rings. The van der Waals surface area contributed by atoms with E-state index in [0.717, 1.165) is 21.7 Å². The van der Waals surface area contributed by atoms with Gasteiger partial charge in [0, 0.05) is 12.6 Å². The zero-order valence-corrected chi connectivity index (χ0v) is 20.2. The predicted octanol–water partition coefficient (Wildman–Crippen LogP) is 3.09. The summed E-state index contributed by atoms with van der Waals surface area (Å²) in [5, 5.41) is 2.88. The maximum absolute atomic E-state index is 13.5. The Kier molecular flexibility index (Phi) is 8.83. The van der Waals surface area contributed by atoms with Crippen molar-refractivity contribution in [3.05, 3.63) is 65.7 Å². The zero-order valence-electron chi connectivity index (χ0n) is 19.4. The lowest BCUT2D eigenvalue weighted by Crippen LogP contribution is -2.53. The number of carbonyl (C=O) groups is 2. The van der Waals surface area contributed by atoms with Crippen molar-refractivity contribution in [1.82, 2.24) is 10.2 Å². The quantitative estimate of drug-likeness (QED) is 0.592. The van der Waals surface area contributed by atoms with Crippen LogP contribution in [0.3, 0.4) is 0 Å². The van der Waals surface area contributed by atoms with Gasteiger partial charge in [-0.15, -0.1) is 0 Å². The Morgan fingerprint density at radius 1 is 1.03 bits per heavy atom. The van der Waals surface area contributed by atoms with Crippen LogP contribution in [0.15, 0.2) is 54.6 Å². The molecule has 174 valence electrons. The minimum Gasteiger partial charge on any atom is -0.352 e. The molecule has 0 spiro atoms. The molecule has 2 amide bonds. The van der Waals surface area contributed by atoms with Crippen molar-refractivity contribution >= 4 is 27.5 Å². The van der Waals surface area contributed by atoms with Crippen molar-refractivity contribution < 1.29 is 18.0 Å². The summed E-state index contributed by atoms with van der Waals surface area (Å²) < 4.78 is 26.1. The van der Waals surface area contributed by atoms with Crippen molar-refractivity contribution in [2.75, 3.05) is 17.1 Å². The summed E-state index contributed by atoms with van der Waals surface area (Å²) in [6.07, 6.45) is 1.47. The molecular formula is C24H33N3O4S. The Morgan fingerprint density at radius 3 is 2.22 bits per heavy atom. The third-order valence-electron chi connectivity index (χ3n) is 4.98. The number of carbonyl (C=O) groups excluding carboxylic acids is 2. The van der Waals surface area contributed by atoms with Gasteiger partial charge in [-0.1, -0.05) is 55.0 Å². The van der Waals surface area contributed by atoms with Gasteiger partial charge in [0.25, 0.3) is 0 Å². The molecule has 8 heteroatoms. The third-order valence-corrected chi connectivity index (χ3v) is 6.12. The van der Waals surface area contributed by atoms with Crippen LogP contribution in [0.5, 0.6) is 0 Å². The monoisotopic (exact) mass is 459 g/mol. The van der Waals surface area contributed by atoms with E-state index in [1.54, 1.807) is 30.3 Å². The highest BCUT2D eigenvalue weighted by molar-refractivity contribution is 7.92. The summed E-state index contributed by atoms with van der Waals surface area (Å²) in [5.41, 5.74) is 2.31. The lowest BCUT2D eigenvalue weighted by Gasteiger charge is -2.33. The van der Waals surface area contributed by atoms with Crippen LogP contribution in [-0.2, 0) is 26.2 Å². The molecule has 0 aromatic heterocycles. The number of hydrogen-bond acceptors (Lipinski definition) is 4. The van der Waals surface area contributed by atoms with Crippen LogP contribution in [0.2, 0.25) is 0 Å². The maximum atomic E-state index is 13.5. The van der Waals surface area contributed by atoms with E-state index >= 15 is 0 Å². The van der Waals surface area contributed by atoms with E-state index in [-0.39, 0.29) is 25.0 Å². The molecule has 2 rings (SSSR count). The summed E-state index contributed by atoms with van der Waals surface area (Å²) in [6, 6.07) is 15.4. The second kappa shape index (κ2) is 11.1. The number of benzene rings is 2. The van der Waals surface area contributed by atoms with E-state index in [1.807, 2.05) is 52.0 Å². The first-order valence-corrected chi connectivity index (χ1v) is 12.6. The molecule has 0 heterocycles. The summed E-state index contributed by atoms with van der Waals surface area (Å²) in [7, 11) is -3.71. The molecule has 1 atom stereocenters. The molecular weight excluding hydrogens is 426 g/mol. The second-order valence-corrected chi connectivity index (χ2v) is 10.1. The average Bonchev–Trinajstić information content (AvgIpc) is 2.71. The van der Waals surface area contributed by atoms with Crippen LogP contribution in [0.4, 0.5) is 5.69 Å². The van der Waals surface area contributed by atoms with Gasteiger partial charge in [-0.3, -0.25) is 13.9 Å². The Hall–Kier alpha value is -2.87. The number of para-hydroxylation sites is 1. The number of sulfonamides is 1. The number of nitrogens with zero attached hydrogens (tertiary/aromatic N) is 2. The molecule has 0 fully saturated rings. The van der Waals surface area contributed by atoms with E-state index in [0.29, 0.717) is 12.1 Å². The molecule has 32 heavy (non-hydrogen) atoms. The van der Waals surface area contributed by atoms with Crippen molar-refractivity contribution in [2.45, 2.75) is 52.7 Å². The lowest BCUT2D eigenvalue weighted by molar-refractivity contribution is -0.140. The fourth-order valence-corrected chi connectivity index (χ4v) is 4.36. The van der Waals surface area contributed by atoms with Crippen LogP contribution in [0.1, 0.15) is 38.3 Å². The molecule has 7 nitrogen and oxygen atoms in total. The normalized spacial score (nSPS) is 12.3. The van der Waals surface area contributed by atoms with Gasteiger partial charge < -0.3 is 10.2 Å². The van der Waals surface area contributed by atoms with Crippen LogP contribution < -0.4 is 9.62 Å². The summed E-state index contributed by atoms with van der Waals surface area (Å²) >= 11 is 0. The van der Waals surface area contributed by atoms with Crippen molar-refractivity contribution in [3.8, 4) is 0 Å². The van der Waals surface area contributed by atoms with E-state index < -0.39 is 22.0 Å². The van der Waals surface area contributed by atoms with Crippen LogP contribution in [0.25, 0.3) is 0 Å². The van der Waals surface area contributed by atoms with E-state index in [2.05, 4.69) is 5.32 Å². The molecule has 0 radical (unpaired) electrons. The number of hydrogen-bond donors (Lipinski definition) is 1. The molecule has 1 unspecified atom stereocenters. The summed E-state index contributed by atoms with van der Waals surface area (Å²) in [6.45, 7) is 7.33. The highest BCUT2D eigenvalue weighted by atomic mass is 32.2. The maximum Gasteiger partial charge on any atom is 0.244 e. The molecule has 0 saturated carbocycles. The van der Waals surface area contributed by atoms with Gasteiger partial charge in [-0.25, -0.2) is 8.42 Å². The zero-order chi connectivity index (χ0) is 23.9. The van der Waals surface area contributed by atoms with Crippen molar-refractivity contribution in [3.63, 3.8) is 0 Å². The second-order valence-electron chi connectivity index (χ2n) is 8.20. The molecule has 0 saturated heterocycles. The van der Waals surface area contributed by atoms with Crippen molar-refractivity contribution in [1.29, 1.82) is 0 Å². The minimum atomic E-state index is -3.71. The standard InChI is InChI=1S/C24H33N3O4S/c1-6-22(24(29)25-18(2)3)26(16-20-12-10-11-19(4)15-20)23(28)17-27(32(5,30)31)21-13-8-7-9-14-21/h7-15,18,22H,6,16-17H2,1-5H3,(H,25,29). The molecule has 0 aliphatic carbocycles. The largest absolute Gasteiger partial charge is 0.352 e. The SMILES string of the molecule is CCC(C(=O)NC(C)C)N(Cc1cccc(C)c1)C(=O)CN(c1ccccc1)S(C)(=O)=O. The lowest BCUT2D eigenvalue weighted by atomic mass is 10.1. The number of amides is 2. The number of anilines is 1. The van der Waals surface area contributed by atoms with Crippen LogP contribution in [0, 0.1) is 6.92 Å². The first kappa shape index (κ1) is 25.4. The van der Waals surface area contributed by atoms with Crippen LogP contribution in [-0.4, -0.2) is 50.0 Å². The van der Waals surface area contributed by atoms with Gasteiger partial charge in [-0.05, 0) is 44.9 Å². The fraction of sp³-hybridized carbons (Fsp3) is 0.417. The molecule has 0 aliphatic heterocycles. The van der Waals surface area contributed by atoms with Gasteiger partial charge >= 0.3 is 0 Å². The minimum absolute atomic E-state index is 0.0793. The first-order valence-electron chi connectivity index (χ1n) is 10.7. The summed E-state index contributed by atoms with van der Waals surface area (Å²) in [4.78, 5) is 27.9. The van der Waals surface area contributed by atoms with Gasteiger partial charge in [-0.2, -0.15) is 0 Å². The molecule has 0 bridgehead atoms. The first-order chi connectivity index (χ1) is 15.0. The fourth-order valence-electron chi connectivity index (χ4n) is 3.52. The van der Waals surface area contributed by atoms with E-state index in [1.165, 1.54) is 4.90 Å². The summed E-state index contributed by atoms with van der Waals surface area (Å²) in [5.74, 6) is -0.694. The topological polar surface area (TPSA) is 86.8 Å². The Morgan fingerprint density at radius 2 is 1.69 bits per heavy atom. The van der Waals surface area contributed by atoms with Gasteiger partial charge in [0.2, 0.25) is 21.8 Å². The van der Waals surface area contributed by atoms with E-state index in [4.69, 9.17) is 0 Å². The third kappa shape index (κ3) is 7.09. The Balaban J connectivity index is 2.42. The highest BCUT2D eigenvalue weighted by Gasteiger charge is 2.31.